The molecule has 154 valence electrons. The van der Waals surface area contributed by atoms with Crippen LogP contribution >= 0.6 is 0 Å². The van der Waals surface area contributed by atoms with Gasteiger partial charge in [0.2, 0.25) is 11.8 Å². The number of morpholine rings is 1. The molecule has 2 aliphatic rings. The number of ether oxygens (including phenoxy) is 1. The second-order valence-corrected chi connectivity index (χ2v) is 7.71. The fourth-order valence-corrected chi connectivity index (χ4v) is 3.75. The summed E-state index contributed by atoms with van der Waals surface area (Å²) in [5.74, 6) is -0.0832. The minimum absolute atomic E-state index is 0.0131. The van der Waals surface area contributed by atoms with Crippen LogP contribution in [0.2, 0.25) is 0 Å². The van der Waals surface area contributed by atoms with Crippen molar-refractivity contribution < 1.29 is 19.1 Å². The van der Waals surface area contributed by atoms with Crippen LogP contribution in [0.4, 0.5) is 4.79 Å². The predicted molar refractivity (Wildman–Crippen MR) is 102 cm³/mol. The molecule has 0 aliphatic carbocycles. The van der Waals surface area contributed by atoms with Crippen molar-refractivity contribution in [3.8, 4) is 0 Å². The Kier molecular flexibility index (Phi) is 8.50. The van der Waals surface area contributed by atoms with Gasteiger partial charge in [0.15, 0.2) is 0 Å². The van der Waals surface area contributed by atoms with Crippen LogP contribution in [0.25, 0.3) is 0 Å². The third kappa shape index (κ3) is 7.10. The van der Waals surface area contributed by atoms with Gasteiger partial charge in [-0.3, -0.25) is 19.8 Å². The number of hydrogen-bond acceptors (Lipinski definition) is 5. The minimum Gasteiger partial charge on any atom is -0.372 e. The van der Waals surface area contributed by atoms with Gasteiger partial charge in [-0.05, 0) is 46.2 Å². The summed E-state index contributed by atoms with van der Waals surface area (Å²) in [6, 6.07) is -0.436. The number of unbranched alkanes of at least 4 members (excludes halogenated alkanes) is 1. The summed E-state index contributed by atoms with van der Waals surface area (Å²) in [4.78, 5) is 40.3. The predicted octanol–water partition coefficient (Wildman–Crippen LogP) is 0.960. The van der Waals surface area contributed by atoms with Gasteiger partial charge in [-0.15, -0.1) is 0 Å². The van der Waals surface area contributed by atoms with Crippen molar-refractivity contribution in [2.75, 3.05) is 39.3 Å². The average molecular weight is 383 g/mol. The highest BCUT2D eigenvalue weighted by Crippen LogP contribution is 2.22. The Labute approximate surface area is 162 Å². The molecule has 27 heavy (non-hydrogen) atoms. The van der Waals surface area contributed by atoms with Crippen LogP contribution in [0.3, 0.4) is 0 Å². The van der Waals surface area contributed by atoms with E-state index in [1.54, 1.807) is 0 Å². The van der Waals surface area contributed by atoms with Crippen molar-refractivity contribution in [2.45, 2.75) is 58.7 Å². The van der Waals surface area contributed by atoms with Crippen LogP contribution < -0.4 is 10.6 Å². The zero-order valence-electron chi connectivity index (χ0n) is 16.8. The van der Waals surface area contributed by atoms with E-state index in [0.29, 0.717) is 32.7 Å². The maximum absolute atomic E-state index is 12.8. The number of urea groups is 1. The lowest BCUT2D eigenvalue weighted by Crippen LogP contribution is -2.52. The second kappa shape index (κ2) is 10.6. The van der Waals surface area contributed by atoms with Crippen LogP contribution in [0.5, 0.6) is 0 Å². The van der Waals surface area contributed by atoms with E-state index in [9.17, 15) is 14.4 Å². The molecule has 0 aromatic heterocycles. The Morgan fingerprint density at radius 2 is 1.70 bits per heavy atom. The molecule has 2 aliphatic heterocycles. The number of piperidine rings is 1. The minimum atomic E-state index is -0.436. The molecule has 2 saturated heterocycles. The number of nitrogens with one attached hydrogen (secondary N) is 2. The first-order valence-corrected chi connectivity index (χ1v) is 10.1. The monoisotopic (exact) mass is 382 g/mol. The fraction of sp³-hybridized carbons (Fsp3) is 0.842. The van der Waals surface area contributed by atoms with Crippen LogP contribution in [0.15, 0.2) is 0 Å². The number of likely N-dealkylation sites (tertiary alicyclic amines) is 1. The molecule has 0 aromatic carbocycles. The number of carbonyl (C=O) groups is 3. The van der Waals surface area contributed by atoms with Crippen molar-refractivity contribution in [1.29, 1.82) is 0 Å². The van der Waals surface area contributed by atoms with Gasteiger partial charge >= 0.3 is 6.03 Å². The topological polar surface area (TPSA) is 91.0 Å². The van der Waals surface area contributed by atoms with Crippen molar-refractivity contribution in [3.63, 3.8) is 0 Å². The third-order valence-corrected chi connectivity index (χ3v) is 5.10. The van der Waals surface area contributed by atoms with Gasteiger partial charge in [-0.1, -0.05) is 13.3 Å². The van der Waals surface area contributed by atoms with Crippen molar-refractivity contribution in [1.82, 2.24) is 20.4 Å². The molecular formula is C19H34N4O4. The molecule has 4 amide bonds. The van der Waals surface area contributed by atoms with E-state index < -0.39 is 6.03 Å². The summed E-state index contributed by atoms with van der Waals surface area (Å²) in [5.41, 5.74) is 0. The van der Waals surface area contributed by atoms with Crippen LogP contribution in [-0.2, 0) is 14.3 Å². The molecule has 0 bridgehead atoms. The summed E-state index contributed by atoms with van der Waals surface area (Å²) >= 11 is 0. The number of imide groups is 1. The van der Waals surface area contributed by atoms with Gasteiger partial charge in [0, 0.05) is 25.6 Å². The Bertz CT molecular complexity index is 510. The Morgan fingerprint density at radius 1 is 1.07 bits per heavy atom. The van der Waals surface area contributed by atoms with Gasteiger partial charge in [-0.2, -0.15) is 0 Å². The lowest BCUT2D eigenvalue weighted by molar-refractivity contribution is -0.148. The largest absolute Gasteiger partial charge is 0.372 e. The lowest BCUT2D eigenvalue weighted by Gasteiger charge is -2.39. The van der Waals surface area contributed by atoms with Gasteiger partial charge in [0.1, 0.15) is 0 Å². The molecule has 2 heterocycles. The molecule has 0 saturated carbocycles. The normalized spacial score (nSPS) is 24.5. The molecule has 0 unspecified atom stereocenters. The molecule has 2 N–H and O–H groups in total. The van der Waals surface area contributed by atoms with Crippen molar-refractivity contribution >= 4 is 17.8 Å². The maximum Gasteiger partial charge on any atom is 0.321 e. The highest BCUT2D eigenvalue weighted by Gasteiger charge is 2.32. The molecule has 2 fully saturated rings. The van der Waals surface area contributed by atoms with Gasteiger partial charge in [0.05, 0.1) is 18.8 Å². The maximum atomic E-state index is 12.8. The van der Waals surface area contributed by atoms with E-state index in [0.717, 1.165) is 25.7 Å². The van der Waals surface area contributed by atoms with E-state index in [4.69, 9.17) is 4.74 Å². The second-order valence-electron chi connectivity index (χ2n) is 7.71. The summed E-state index contributed by atoms with van der Waals surface area (Å²) < 4.78 is 5.70. The number of rotatable bonds is 6. The first kappa shape index (κ1) is 21.6. The van der Waals surface area contributed by atoms with E-state index in [1.807, 2.05) is 30.6 Å². The van der Waals surface area contributed by atoms with Gasteiger partial charge in [-0.25, -0.2) is 4.79 Å². The molecule has 2 rings (SSSR count). The molecule has 8 heteroatoms. The van der Waals surface area contributed by atoms with Crippen LogP contribution in [-0.4, -0.2) is 79.1 Å². The summed E-state index contributed by atoms with van der Waals surface area (Å²) in [6.07, 6.45) is 3.52. The summed E-state index contributed by atoms with van der Waals surface area (Å²) in [7, 11) is 0. The molecule has 8 nitrogen and oxygen atoms in total. The van der Waals surface area contributed by atoms with Crippen molar-refractivity contribution in [3.05, 3.63) is 0 Å². The van der Waals surface area contributed by atoms with Crippen LogP contribution in [0, 0.1) is 5.92 Å². The molecule has 0 spiro atoms. The molecular weight excluding hydrogens is 348 g/mol. The Morgan fingerprint density at radius 3 is 2.30 bits per heavy atom. The van der Waals surface area contributed by atoms with Gasteiger partial charge < -0.3 is 15.0 Å². The van der Waals surface area contributed by atoms with E-state index in [2.05, 4.69) is 10.6 Å². The Balaban J connectivity index is 1.69. The number of amides is 4. The zero-order valence-corrected chi connectivity index (χ0v) is 16.8. The average Bonchev–Trinajstić information content (AvgIpc) is 2.61. The molecule has 2 atom stereocenters. The summed E-state index contributed by atoms with van der Waals surface area (Å²) in [6.45, 7) is 9.48. The van der Waals surface area contributed by atoms with Crippen molar-refractivity contribution in [2.24, 2.45) is 5.92 Å². The third-order valence-electron chi connectivity index (χ3n) is 5.10. The highest BCUT2D eigenvalue weighted by atomic mass is 16.5. The first-order chi connectivity index (χ1) is 12.9. The number of nitrogens with zero attached hydrogens (tertiary/aromatic N) is 2. The van der Waals surface area contributed by atoms with E-state index in [-0.39, 0.29) is 36.5 Å². The fourth-order valence-electron chi connectivity index (χ4n) is 3.75. The molecule has 0 radical (unpaired) electrons. The SMILES string of the molecule is CCCCNC(=O)NC(=O)CN1CCC(C(=O)N2C[C@@H](C)O[C@H](C)C2)CC1. The molecule has 0 aromatic rings. The first-order valence-electron chi connectivity index (χ1n) is 10.1. The number of hydrogen-bond donors (Lipinski definition) is 2. The van der Waals surface area contributed by atoms with E-state index >= 15 is 0 Å². The summed E-state index contributed by atoms with van der Waals surface area (Å²) in [5, 5.41) is 5.03. The van der Waals surface area contributed by atoms with Gasteiger partial charge in [0.25, 0.3) is 0 Å². The highest BCUT2D eigenvalue weighted by molar-refractivity contribution is 5.95. The zero-order chi connectivity index (χ0) is 19.8. The smallest absolute Gasteiger partial charge is 0.321 e. The Hall–Kier alpha value is -1.67. The number of carbonyl (C=O) groups excluding carboxylic acids is 3. The lowest BCUT2D eigenvalue weighted by atomic mass is 9.94. The standard InChI is InChI=1S/C19H34N4O4/c1-4-5-8-20-19(26)21-17(24)13-22-9-6-16(7-10-22)18(25)23-11-14(2)27-15(3)12-23/h14-16H,4-13H2,1-3H3,(H2,20,21,24,26)/t14-,15-/m1/s1. The van der Waals surface area contributed by atoms with Crippen LogP contribution in [0.1, 0.15) is 46.5 Å². The quantitative estimate of drug-likeness (QED) is 0.668. The van der Waals surface area contributed by atoms with E-state index in [1.165, 1.54) is 0 Å².